The molecule has 1 unspecified atom stereocenters. The molecule has 0 saturated carbocycles. The number of benzene rings is 11. The molecule has 0 bridgehead atoms. The summed E-state index contributed by atoms with van der Waals surface area (Å²) in [5, 5.41) is 0.831. The molecule has 0 aliphatic heterocycles. The van der Waals surface area contributed by atoms with Crippen molar-refractivity contribution in [2.45, 2.75) is 39.2 Å². The van der Waals surface area contributed by atoms with Gasteiger partial charge in [0.1, 0.15) is 14.7 Å². The van der Waals surface area contributed by atoms with E-state index in [4.69, 9.17) is 19.3 Å². The largest absolute Gasteiger partial charge is 0.311 e. The van der Waals surface area contributed by atoms with E-state index in [-0.39, 0.29) is 19.6 Å². The van der Waals surface area contributed by atoms with E-state index in [1.54, 1.807) is 157 Å². The number of fused-ring (bicyclic) bond motifs is 1. The smallest absolute Gasteiger partial charge is 0.206 e. The van der Waals surface area contributed by atoms with Gasteiger partial charge in [-0.15, -0.1) is 11.3 Å². The van der Waals surface area contributed by atoms with Crippen LogP contribution in [0.4, 0.5) is 34.1 Å². The molecule has 11 aromatic carbocycles. The monoisotopic (exact) mass is 1230 g/mol. The zero-order chi connectivity index (χ0) is 60.2. The Morgan fingerprint density at radius 3 is 1.01 bits per heavy atom. The molecule has 12 aromatic rings. The van der Waals surface area contributed by atoms with Crippen molar-refractivity contribution in [1.29, 1.82) is 14.3 Å². The first-order valence-corrected chi connectivity index (χ1v) is 34.4. The molecular formula is C71H54N6O5S5. The van der Waals surface area contributed by atoms with Crippen LogP contribution in [-0.4, -0.2) is 26.0 Å². The molecule has 1 atom stereocenters. The number of hydrogen-bond acceptors (Lipinski definition) is 12. The first-order valence-electron chi connectivity index (χ1n) is 27.4. The molecule has 1 heterocycles. The Hall–Kier alpha value is -9.81. The second-order valence-corrected chi connectivity index (χ2v) is 29.4. The number of thiazole rings is 1. The van der Waals surface area contributed by atoms with Gasteiger partial charge in [-0.3, -0.25) is 9.56 Å². The Morgan fingerprint density at radius 2 is 0.598 bits per heavy atom. The van der Waals surface area contributed by atoms with Gasteiger partial charge < -0.3 is 9.80 Å². The summed E-state index contributed by atoms with van der Waals surface area (Å²) in [4.78, 5) is 11.7. The molecule has 0 aliphatic carbocycles. The van der Waals surface area contributed by atoms with Crippen LogP contribution in [-0.2, 0) is 39.0 Å². The summed E-state index contributed by atoms with van der Waals surface area (Å²) < 4.78 is 95.9. The number of hydrogen-bond donors (Lipinski definition) is 3. The molecule has 87 heavy (non-hydrogen) atoms. The van der Waals surface area contributed by atoms with Crippen molar-refractivity contribution in [3.05, 3.63) is 307 Å². The zero-order valence-electron chi connectivity index (χ0n) is 46.4. The van der Waals surface area contributed by atoms with Crippen LogP contribution in [0.25, 0.3) is 34.5 Å². The minimum atomic E-state index is -3.77. The van der Waals surface area contributed by atoms with Crippen molar-refractivity contribution in [3.8, 4) is 0 Å². The maximum atomic E-state index is 13.8. The molecule has 0 fully saturated rings. The Balaban J connectivity index is 0.769. The van der Waals surface area contributed by atoms with E-state index in [1.165, 1.54) is 0 Å². The molecule has 0 spiro atoms. The minimum Gasteiger partial charge on any atom is -0.311 e. The lowest BCUT2D eigenvalue weighted by molar-refractivity contribution is 0.594. The number of aromatic nitrogens is 1. The lowest BCUT2D eigenvalue weighted by atomic mass is 10.1. The van der Waals surface area contributed by atoms with Crippen LogP contribution in [0.15, 0.2) is 324 Å². The molecular weight excluding hydrogens is 1180 g/mol. The average molecular weight is 1230 g/mol. The topological polar surface area (TPSA) is 176 Å². The highest BCUT2D eigenvalue weighted by atomic mass is 32.2. The van der Waals surface area contributed by atoms with Crippen LogP contribution in [0.1, 0.15) is 21.7 Å². The van der Waals surface area contributed by atoms with Gasteiger partial charge >= 0.3 is 0 Å². The summed E-state index contributed by atoms with van der Waals surface area (Å²) in [5.74, 6) is 0. The number of nitrogens with one attached hydrogen (secondary N) is 3. The van der Waals surface area contributed by atoms with E-state index in [2.05, 4.69) is 23.1 Å². The zero-order valence-corrected chi connectivity index (χ0v) is 50.5. The summed E-state index contributed by atoms with van der Waals surface area (Å²) in [7, 11) is -13.5. The number of sulfone groups is 2. The lowest BCUT2D eigenvalue weighted by Gasteiger charge is -2.26. The second kappa shape index (κ2) is 24.3. The van der Waals surface area contributed by atoms with Crippen LogP contribution >= 0.6 is 11.3 Å². The van der Waals surface area contributed by atoms with E-state index in [9.17, 15) is 21.0 Å². The summed E-state index contributed by atoms with van der Waals surface area (Å²) in [6.07, 6.45) is 8.12. The molecule has 428 valence electrons. The van der Waals surface area contributed by atoms with Crippen LogP contribution in [0.2, 0.25) is 0 Å². The first-order chi connectivity index (χ1) is 42.1. The van der Waals surface area contributed by atoms with Gasteiger partial charge in [0, 0.05) is 43.9 Å². The van der Waals surface area contributed by atoms with Crippen molar-refractivity contribution in [2.24, 2.45) is 0 Å². The van der Waals surface area contributed by atoms with Gasteiger partial charge in [-0.2, -0.15) is 0 Å². The fraction of sp³-hybridized carbons (Fsp3) is 0. The first kappa shape index (κ1) is 57.6. The summed E-state index contributed by atoms with van der Waals surface area (Å²) in [5.41, 5.74) is 8.33. The molecule has 12 rings (SSSR count). The molecule has 0 saturated heterocycles. The third-order valence-electron chi connectivity index (χ3n) is 14.6. The van der Waals surface area contributed by atoms with Gasteiger partial charge in [0.2, 0.25) is 19.7 Å². The Labute approximate surface area is 511 Å². The number of rotatable bonds is 18. The second-order valence-electron chi connectivity index (χ2n) is 20.2. The van der Waals surface area contributed by atoms with Gasteiger partial charge in [-0.25, -0.2) is 30.8 Å². The molecule has 11 nitrogen and oxygen atoms in total. The standard InChI is InChI=1S/C71H54N6O5S5/c72-84(73,61-13-5-1-6-14-61)62-41-33-57(34-42-62)76(58-35-43-64(44-36-58)85(74,78)63-15-7-2-8-16-63)55-29-23-52(24-30-55)21-22-54-27-49-69-70(51-54)83-71(75-69)50-28-53-25-31-56(32-26-53)77(59-37-45-67(46-38-59)86(79,80)65-17-9-3-10-18-65)60-39-47-68(48-40-60)87(81,82)66-19-11-4-12-20-66/h1-51,72-74H/b22-21+,50-28+. The quantitative estimate of drug-likeness (QED) is 0.0711. The Kier molecular flexibility index (Phi) is 16.1. The van der Waals surface area contributed by atoms with E-state index in [1.807, 2.05) is 151 Å². The minimum absolute atomic E-state index is 0.149. The van der Waals surface area contributed by atoms with Crippen molar-refractivity contribution in [2.75, 3.05) is 9.80 Å². The summed E-state index contributed by atoms with van der Waals surface area (Å²) in [6, 6.07) is 85.0. The van der Waals surface area contributed by atoms with Crippen molar-refractivity contribution >= 4 is 119 Å². The maximum absolute atomic E-state index is 13.8. The highest BCUT2D eigenvalue weighted by Crippen LogP contribution is 2.40. The fourth-order valence-corrected chi connectivity index (χ4v) is 16.2. The van der Waals surface area contributed by atoms with Crippen LogP contribution < -0.4 is 9.80 Å². The van der Waals surface area contributed by atoms with E-state index >= 15 is 0 Å². The normalized spacial score (nSPS) is 12.7. The van der Waals surface area contributed by atoms with E-state index < -0.39 is 39.0 Å². The SMILES string of the molecule is N=S(=N)(c1ccccc1)c1ccc(N(c2ccc(/C=C/c3ccc4nc(/C=C/c5ccc(N(c6ccc(S(=O)(=O)c7ccccc7)cc6)c6ccc(S(=O)(=O)c7ccccc7)cc6)cc5)sc4c3)cc2)c2ccc(S(=N)(=O)c3ccccc3)cc2)cc1. The molecule has 0 amide bonds. The Bertz CT molecular complexity index is 4450. The van der Waals surface area contributed by atoms with Gasteiger partial charge in [0.15, 0.2) is 0 Å². The van der Waals surface area contributed by atoms with Crippen LogP contribution in [0.3, 0.4) is 0 Å². The third kappa shape index (κ3) is 12.2. The van der Waals surface area contributed by atoms with Gasteiger partial charge in [0.05, 0.1) is 39.6 Å². The highest BCUT2D eigenvalue weighted by Gasteiger charge is 2.23. The third-order valence-corrected chi connectivity index (χ3v) is 23.0. The van der Waals surface area contributed by atoms with Crippen LogP contribution in [0.5, 0.6) is 0 Å². The van der Waals surface area contributed by atoms with Crippen molar-refractivity contribution in [1.82, 2.24) is 4.98 Å². The maximum Gasteiger partial charge on any atom is 0.206 e. The van der Waals surface area contributed by atoms with E-state index in [0.717, 1.165) is 54.7 Å². The van der Waals surface area contributed by atoms with Crippen LogP contribution in [0, 0.1) is 14.3 Å². The van der Waals surface area contributed by atoms with Gasteiger partial charge in [-0.05, 0) is 214 Å². The number of anilines is 6. The fourth-order valence-electron chi connectivity index (χ4n) is 9.97. The van der Waals surface area contributed by atoms with E-state index in [0.29, 0.717) is 31.0 Å². The summed E-state index contributed by atoms with van der Waals surface area (Å²) in [6.45, 7) is 0. The summed E-state index contributed by atoms with van der Waals surface area (Å²) >= 11 is 1.58. The van der Waals surface area contributed by atoms with Crippen molar-refractivity contribution in [3.63, 3.8) is 0 Å². The molecule has 1 aromatic heterocycles. The molecule has 0 aliphatic rings. The average Bonchev–Trinajstić information content (AvgIpc) is 2.77. The predicted octanol–water partition coefficient (Wildman–Crippen LogP) is 18.8. The Morgan fingerprint density at radius 1 is 0.310 bits per heavy atom. The highest BCUT2D eigenvalue weighted by molar-refractivity contribution is 7.93. The number of nitrogens with zero attached hydrogens (tertiary/aromatic N) is 3. The van der Waals surface area contributed by atoms with Gasteiger partial charge in [-0.1, -0.05) is 121 Å². The van der Waals surface area contributed by atoms with Crippen molar-refractivity contribution < 1.29 is 21.0 Å². The predicted molar refractivity (Wildman–Crippen MR) is 353 cm³/mol. The molecule has 16 heteroatoms. The lowest BCUT2D eigenvalue weighted by Crippen LogP contribution is -2.11. The molecule has 0 radical (unpaired) electrons. The van der Waals surface area contributed by atoms with Gasteiger partial charge in [0.25, 0.3) is 0 Å². The molecule has 3 N–H and O–H groups in total.